The number of hydrogen-bond donors (Lipinski definition) is 0. The molecule has 0 spiro atoms. The maximum absolute atomic E-state index is 13.9. The number of aryl methyl sites for hydroxylation is 1. The SMILES string of the molecule is CCc1ccccc1-n1c(CCl)nc2cc(Br)c(F)cc21. The Morgan fingerprint density at radius 3 is 2.76 bits per heavy atom. The fourth-order valence-electron chi connectivity index (χ4n) is 2.51. The summed E-state index contributed by atoms with van der Waals surface area (Å²) in [6.07, 6.45) is 0.885. The second kappa shape index (κ2) is 5.78. The molecule has 0 unspecified atom stereocenters. The molecule has 0 fully saturated rings. The number of nitrogens with zero attached hydrogens (tertiary/aromatic N) is 2. The van der Waals surface area contributed by atoms with Crippen molar-refractivity contribution in [2.75, 3.05) is 0 Å². The number of fused-ring (bicyclic) bond motifs is 1. The summed E-state index contributed by atoms with van der Waals surface area (Å²) in [5, 5.41) is 0. The lowest BCUT2D eigenvalue weighted by atomic mass is 10.1. The van der Waals surface area contributed by atoms with Crippen LogP contribution in [0, 0.1) is 5.82 Å². The van der Waals surface area contributed by atoms with Crippen molar-refractivity contribution in [3.05, 3.63) is 58.1 Å². The van der Waals surface area contributed by atoms with Gasteiger partial charge in [-0.1, -0.05) is 25.1 Å². The number of benzene rings is 2. The van der Waals surface area contributed by atoms with E-state index in [2.05, 4.69) is 33.9 Å². The van der Waals surface area contributed by atoms with Gasteiger partial charge in [0, 0.05) is 6.07 Å². The summed E-state index contributed by atoms with van der Waals surface area (Å²) >= 11 is 9.24. The topological polar surface area (TPSA) is 17.8 Å². The lowest BCUT2D eigenvalue weighted by Gasteiger charge is -2.12. The molecule has 108 valence electrons. The predicted molar refractivity (Wildman–Crippen MR) is 87.7 cm³/mol. The van der Waals surface area contributed by atoms with E-state index >= 15 is 0 Å². The first-order valence-electron chi connectivity index (χ1n) is 6.66. The van der Waals surface area contributed by atoms with Gasteiger partial charge in [-0.25, -0.2) is 9.37 Å². The minimum atomic E-state index is -0.307. The first kappa shape index (κ1) is 14.5. The van der Waals surface area contributed by atoms with Gasteiger partial charge >= 0.3 is 0 Å². The highest BCUT2D eigenvalue weighted by molar-refractivity contribution is 9.10. The fraction of sp³-hybridized carbons (Fsp3) is 0.188. The summed E-state index contributed by atoms with van der Waals surface area (Å²) in [5.41, 5.74) is 3.63. The normalized spacial score (nSPS) is 11.2. The minimum Gasteiger partial charge on any atom is -0.295 e. The highest BCUT2D eigenvalue weighted by Gasteiger charge is 2.15. The van der Waals surface area contributed by atoms with Gasteiger partial charge in [0.2, 0.25) is 0 Å². The number of imidazole rings is 1. The third-order valence-electron chi connectivity index (χ3n) is 3.50. The highest BCUT2D eigenvalue weighted by Crippen LogP contribution is 2.29. The Morgan fingerprint density at radius 1 is 1.29 bits per heavy atom. The van der Waals surface area contributed by atoms with Gasteiger partial charge in [0.25, 0.3) is 0 Å². The zero-order valence-corrected chi connectivity index (χ0v) is 13.7. The monoisotopic (exact) mass is 366 g/mol. The van der Waals surface area contributed by atoms with Gasteiger partial charge < -0.3 is 0 Å². The van der Waals surface area contributed by atoms with Gasteiger partial charge in [-0.2, -0.15) is 0 Å². The molecule has 1 heterocycles. The Morgan fingerprint density at radius 2 is 2.05 bits per heavy atom. The first-order chi connectivity index (χ1) is 10.2. The molecule has 0 saturated carbocycles. The van der Waals surface area contributed by atoms with E-state index in [1.807, 2.05) is 22.8 Å². The number of aromatic nitrogens is 2. The lowest BCUT2D eigenvalue weighted by molar-refractivity contribution is 0.622. The van der Waals surface area contributed by atoms with Crippen LogP contribution in [0.5, 0.6) is 0 Å². The molecular weight excluding hydrogens is 355 g/mol. The van der Waals surface area contributed by atoms with Gasteiger partial charge in [0.1, 0.15) is 11.6 Å². The van der Waals surface area contributed by atoms with Crippen LogP contribution in [0.2, 0.25) is 0 Å². The van der Waals surface area contributed by atoms with Crippen LogP contribution in [-0.4, -0.2) is 9.55 Å². The van der Waals surface area contributed by atoms with Crippen molar-refractivity contribution in [2.24, 2.45) is 0 Å². The van der Waals surface area contributed by atoms with Crippen LogP contribution in [0.4, 0.5) is 4.39 Å². The molecule has 0 saturated heterocycles. The van der Waals surface area contributed by atoms with E-state index in [9.17, 15) is 4.39 Å². The molecule has 0 aliphatic carbocycles. The Bertz CT molecular complexity index is 813. The largest absolute Gasteiger partial charge is 0.295 e. The number of hydrogen-bond acceptors (Lipinski definition) is 1. The van der Waals surface area contributed by atoms with Crippen molar-refractivity contribution in [2.45, 2.75) is 19.2 Å². The molecule has 2 aromatic carbocycles. The van der Waals surface area contributed by atoms with Crippen LogP contribution in [0.25, 0.3) is 16.7 Å². The highest BCUT2D eigenvalue weighted by atomic mass is 79.9. The van der Waals surface area contributed by atoms with E-state index in [0.29, 0.717) is 10.3 Å². The van der Waals surface area contributed by atoms with Crippen LogP contribution in [-0.2, 0) is 12.3 Å². The van der Waals surface area contributed by atoms with Crippen molar-refractivity contribution in [1.29, 1.82) is 0 Å². The van der Waals surface area contributed by atoms with Crippen molar-refractivity contribution in [3.8, 4) is 5.69 Å². The zero-order valence-electron chi connectivity index (χ0n) is 11.4. The molecule has 21 heavy (non-hydrogen) atoms. The van der Waals surface area contributed by atoms with Gasteiger partial charge in [0.05, 0.1) is 27.1 Å². The smallest absolute Gasteiger partial charge is 0.139 e. The Balaban J connectivity index is 2.37. The summed E-state index contributed by atoms with van der Waals surface area (Å²) in [5.74, 6) is 0.676. The van der Waals surface area contributed by atoms with Gasteiger partial charge in [-0.05, 0) is 40.0 Å². The van der Waals surface area contributed by atoms with Crippen molar-refractivity contribution < 1.29 is 4.39 Å². The molecule has 0 N–H and O–H groups in total. The fourth-order valence-corrected chi connectivity index (χ4v) is 3.02. The van der Waals surface area contributed by atoms with Crippen molar-refractivity contribution >= 4 is 38.6 Å². The lowest BCUT2D eigenvalue weighted by Crippen LogP contribution is -2.03. The molecule has 0 aliphatic rings. The summed E-state index contributed by atoms with van der Waals surface area (Å²) in [6.45, 7) is 2.09. The number of para-hydroxylation sites is 1. The first-order valence-corrected chi connectivity index (χ1v) is 7.99. The summed E-state index contributed by atoms with van der Waals surface area (Å²) < 4.78 is 16.3. The summed E-state index contributed by atoms with van der Waals surface area (Å²) in [7, 11) is 0. The Kier molecular flexibility index (Phi) is 4.00. The molecule has 0 bridgehead atoms. The average molecular weight is 368 g/mol. The van der Waals surface area contributed by atoms with Crippen LogP contribution < -0.4 is 0 Å². The molecule has 2 nitrogen and oxygen atoms in total. The molecule has 5 heteroatoms. The summed E-state index contributed by atoms with van der Waals surface area (Å²) in [6, 6.07) is 11.2. The zero-order chi connectivity index (χ0) is 15.0. The maximum Gasteiger partial charge on any atom is 0.139 e. The number of halogens is 3. The number of alkyl halides is 1. The Hall–Kier alpha value is -1.39. The number of rotatable bonds is 3. The predicted octanol–water partition coefficient (Wildman–Crippen LogP) is 5.23. The molecule has 3 aromatic rings. The van der Waals surface area contributed by atoms with Crippen molar-refractivity contribution in [3.63, 3.8) is 0 Å². The van der Waals surface area contributed by atoms with Crippen LogP contribution in [0.15, 0.2) is 40.9 Å². The van der Waals surface area contributed by atoms with E-state index in [-0.39, 0.29) is 11.7 Å². The van der Waals surface area contributed by atoms with E-state index < -0.39 is 0 Å². The molecule has 3 rings (SSSR count). The van der Waals surface area contributed by atoms with E-state index in [1.165, 1.54) is 11.6 Å². The third-order valence-corrected chi connectivity index (χ3v) is 4.35. The maximum atomic E-state index is 13.9. The van der Waals surface area contributed by atoms with Crippen LogP contribution in [0.1, 0.15) is 18.3 Å². The quantitative estimate of drug-likeness (QED) is 0.580. The second-order valence-electron chi connectivity index (χ2n) is 4.73. The molecule has 0 atom stereocenters. The average Bonchev–Trinajstić information content (AvgIpc) is 2.85. The van der Waals surface area contributed by atoms with Gasteiger partial charge in [-0.15, -0.1) is 11.6 Å². The van der Waals surface area contributed by atoms with E-state index in [1.54, 1.807) is 6.07 Å². The van der Waals surface area contributed by atoms with Gasteiger partial charge in [0.15, 0.2) is 0 Å². The molecule has 0 amide bonds. The molecule has 0 aliphatic heterocycles. The second-order valence-corrected chi connectivity index (χ2v) is 5.86. The summed E-state index contributed by atoms with van der Waals surface area (Å²) in [4.78, 5) is 4.52. The van der Waals surface area contributed by atoms with E-state index in [4.69, 9.17) is 11.6 Å². The molecule has 1 aromatic heterocycles. The van der Waals surface area contributed by atoms with Crippen LogP contribution >= 0.6 is 27.5 Å². The minimum absolute atomic E-state index is 0.270. The van der Waals surface area contributed by atoms with Crippen molar-refractivity contribution in [1.82, 2.24) is 9.55 Å². The van der Waals surface area contributed by atoms with Crippen LogP contribution in [0.3, 0.4) is 0 Å². The molecule has 0 radical (unpaired) electrons. The van der Waals surface area contributed by atoms with E-state index in [0.717, 1.165) is 23.1 Å². The van der Waals surface area contributed by atoms with Gasteiger partial charge in [-0.3, -0.25) is 4.57 Å². The Labute approximate surface area is 135 Å². The standard InChI is InChI=1S/C16H13BrClFN2/c1-2-10-5-3-4-6-14(10)21-15-8-12(19)11(17)7-13(15)20-16(21)9-18/h3-8H,2,9H2,1H3. The third kappa shape index (κ3) is 2.47. The molecular formula is C16H13BrClFN2.